The van der Waals surface area contributed by atoms with Crippen molar-refractivity contribution in [3.63, 3.8) is 0 Å². The third kappa shape index (κ3) is 2.80. The molecule has 0 spiro atoms. The second-order valence-corrected chi connectivity index (χ2v) is 6.23. The summed E-state index contributed by atoms with van der Waals surface area (Å²) < 4.78 is 0. The lowest BCUT2D eigenvalue weighted by molar-refractivity contribution is 0.640. The van der Waals surface area contributed by atoms with Crippen LogP contribution in [-0.2, 0) is 6.42 Å². The van der Waals surface area contributed by atoms with Gasteiger partial charge in [0.1, 0.15) is 0 Å². The van der Waals surface area contributed by atoms with Crippen molar-refractivity contribution < 1.29 is 0 Å². The maximum atomic E-state index is 11.4. The second-order valence-electron chi connectivity index (χ2n) is 5.03. The number of aromatic amines is 2. The van der Waals surface area contributed by atoms with Gasteiger partial charge >= 0.3 is 5.69 Å². The molecule has 0 radical (unpaired) electrons. The number of H-pyrrole nitrogens is 2. The van der Waals surface area contributed by atoms with Crippen LogP contribution in [0.1, 0.15) is 35.2 Å². The SMILES string of the molecule is CCNC(c1ccc2[nH]c(=O)[nH]c2c1)c1ccc(CC)s1. The van der Waals surface area contributed by atoms with E-state index >= 15 is 0 Å². The average molecular weight is 301 g/mol. The summed E-state index contributed by atoms with van der Waals surface area (Å²) in [5.41, 5.74) is 2.71. The van der Waals surface area contributed by atoms with Crippen molar-refractivity contribution in [1.82, 2.24) is 15.3 Å². The number of imidazole rings is 1. The maximum Gasteiger partial charge on any atom is 0.323 e. The van der Waals surface area contributed by atoms with Crippen LogP contribution in [0.25, 0.3) is 11.0 Å². The van der Waals surface area contributed by atoms with Crippen LogP contribution in [0.4, 0.5) is 0 Å². The van der Waals surface area contributed by atoms with Gasteiger partial charge in [0.05, 0.1) is 17.1 Å². The largest absolute Gasteiger partial charge is 0.323 e. The Kier molecular flexibility index (Phi) is 3.94. The summed E-state index contributed by atoms with van der Waals surface area (Å²) in [5.74, 6) is 0. The fourth-order valence-corrected chi connectivity index (χ4v) is 3.61. The van der Waals surface area contributed by atoms with Gasteiger partial charge in [0.15, 0.2) is 0 Å². The van der Waals surface area contributed by atoms with Crippen LogP contribution in [-0.4, -0.2) is 16.5 Å². The van der Waals surface area contributed by atoms with Crippen molar-refractivity contribution in [2.45, 2.75) is 26.3 Å². The molecule has 0 aliphatic heterocycles. The highest BCUT2D eigenvalue weighted by Gasteiger charge is 2.16. The molecule has 0 saturated carbocycles. The minimum absolute atomic E-state index is 0.161. The molecule has 0 bridgehead atoms. The van der Waals surface area contributed by atoms with Crippen molar-refractivity contribution in [1.29, 1.82) is 0 Å². The molecule has 5 heteroatoms. The number of fused-ring (bicyclic) bond motifs is 1. The van der Waals surface area contributed by atoms with Gasteiger partial charge in [0.25, 0.3) is 0 Å². The fourth-order valence-electron chi connectivity index (χ4n) is 2.56. The van der Waals surface area contributed by atoms with Crippen molar-refractivity contribution in [2.24, 2.45) is 0 Å². The topological polar surface area (TPSA) is 60.7 Å². The molecule has 2 aromatic heterocycles. The standard InChI is InChI=1S/C16H19N3OS/c1-3-11-6-8-14(21-11)15(17-4-2)10-5-7-12-13(9-10)19-16(20)18-12/h5-9,15,17H,3-4H2,1-2H3,(H2,18,19,20). The first-order valence-corrected chi connectivity index (χ1v) is 8.06. The minimum atomic E-state index is -0.161. The van der Waals surface area contributed by atoms with Gasteiger partial charge in [-0.1, -0.05) is 19.9 Å². The van der Waals surface area contributed by atoms with E-state index in [1.807, 2.05) is 23.5 Å². The molecule has 0 saturated heterocycles. The lowest BCUT2D eigenvalue weighted by Crippen LogP contribution is -2.21. The molecule has 0 amide bonds. The normalized spacial score (nSPS) is 12.9. The molecule has 0 fully saturated rings. The third-order valence-electron chi connectivity index (χ3n) is 3.60. The van der Waals surface area contributed by atoms with Crippen molar-refractivity contribution in [2.75, 3.05) is 6.54 Å². The van der Waals surface area contributed by atoms with Crippen LogP contribution >= 0.6 is 11.3 Å². The maximum absolute atomic E-state index is 11.4. The van der Waals surface area contributed by atoms with Crippen LogP contribution in [0.15, 0.2) is 35.1 Å². The number of hydrogen-bond acceptors (Lipinski definition) is 3. The molecule has 1 unspecified atom stereocenters. The summed E-state index contributed by atoms with van der Waals surface area (Å²) in [6.07, 6.45) is 1.06. The van der Waals surface area contributed by atoms with Gasteiger partial charge in [0.2, 0.25) is 0 Å². The monoisotopic (exact) mass is 301 g/mol. The Morgan fingerprint density at radius 1 is 1.14 bits per heavy atom. The Balaban J connectivity index is 2.03. The molecule has 3 aromatic rings. The van der Waals surface area contributed by atoms with E-state index in [1.165, 1.54) is 15.3 Å². The lowest BCUT2D eigenvalue weighted by Gasteiger charge is -2.17. The van der Waals surface area contributed by atoms with Gasteiger partial charge in [-0.05, 0) is 42.8 Å². The molecule has 21 heavy (non-hydrogen) atoms. The zero-order chi connectivity index (χ0) is 14.8. The van der Waals surface area contributed by atoms with Crippen molar-refractivity contribution in [3.05, 3.63) is 56.1 Å². The number of rotatable bonds is 5. The molecule has 4 nitrogen and oxygen atoms in total. The van der Waals surface area contributed by atoms with E-state index in [9.17, 15) is 4.79 Å². The lowest BCUT2D eigenvalue weighted by atomic mass is 10.0. The molecular weight excluding hydrogens is 282 g/mol. The highest BCUT2D eigenvalue weighted by atomic mass is 32.1. The van der Waals surface area contributed by atoms with Crippen LogP contribution in [0.3, 0.4) is 0 Å². The minimum Gasteiger partial charge on any atom is -0.306 e. The van der Waals surface area contributed by atoms with Gasteiger partial charge in [-0.15, -0.1) is 11.3 Å². The third-order valence-corrected chi connectivity index (χ3v) is 4.89. The molecular formula is C16H19N3OS. The van der Waals surface area contributed by atoms with E-state index in [4.69, 9.17) is 0 Å². The van der Waals surface area contributed by atoms with Crippen LogP contribution in [0, 0.1) is 0 Å². The Hall–Kier alpha value is -1.85. The Morgan fingerprint density at radius 3 is 2.67 bits per heavy atom. The number of hydrogen-bond donors (Lipinski definition) is 3. The van der Waals surface area contributed by atoms with Gasteiger partial charge in [-0.25, -0.2) is 4.79 Å². The van der Waals surface area contributed by atoms with Gasteiger partial charge in [-0.2, -0.15) is 0 Å². The summed E-state index contributed by atoms with van der Waals surface area (Å²) in [4.78, 5) is 19.7. The van der Waals surface area contributed by atoms with Gasteiger partial charge in [0, 0.05) is 9.75 Å². The highest BCUT2D eigenvalue weighted by molar-refractivity contribution is 7.12. The van der Waals surface area contributed by atoms with E-state index in [0.717, 1.165) is 24.0 Å². The van der Waals surface area contributed by atoms with Crippen molar-refractivity contribution >= 4 is 22.4 Å². The first-order valence-electron chi connectivity index (χ1n) is 7.25. The predicted molar refractivity (Wildman–Crippen MR) is 88.1 cm³/mol. The second kappa shape index (κ2) is 5.87. The van der Waals surface area contributed by atoms with Crippen molar-refractivity contribution in [3.8, 4) is 0 Å². The molecule has 2 heterocycles. The van der Waals surface area contributed by atoms with Gasteiger partial charge in [-0.3, -0.25) is 0 Å². The summed E-state index contributed by atoms with van der Waals surface area (Å²) >= 11 is 1.84. The fraction of sp³-hybridized carbons (Fsp3) is 0.312. The van der Waals surface area contributed by atoms with E-state index in [1.54, 1.807) is 0 Å². The number of aryl methyl sites for hydroxylation is 1. The summed E-state index contributed by atoms with van der Waals surface area (Å²) in [5, 5.41) is 3.53. The van der Waals surface area contributed by atoms with E-state index in [-0.39, 0.29) is 11.7 Å². The zero-order valence-electron chi connectivity index (χ0n) is 12.2. The zero-order valence-corrected chi connectivity index (χ0v) is 13.0. The molecule has 1 aromatic carbocycles. The Bertz CT molecular complexity index is 799. The number of aromatic nitrogens is 2. The molecule has 3 N–H and O–H groups in total. The summed E-state index contributed by atoms with van der Waals surface area (Å²) in [6.45, 7) is 5.18. The summed E-state index contributed by atoms with van der Waals surface area (Å²) in [7, 11) is 0. The van der Waals surface area contributed by atoms with E-state index in [0.29, 0.717) is 0 Å². The van der Waals surface area contributed by atoms with Crippen LogP contribution < -0.4 is 11.0 Å². The number of nitrogens with one attached hydrogen (secondary N) is 3. The summed E-state index contributed by atoms with van der Waals surface area (Å²) in [6, 6.07) is 10.6. The smallest absolute Gasteiger partial charge is 0.306 e. The quantitative estimate of drug-likeness (QED) is 0.678. The first kappa shape index (κ1) is 14.1. The molecule has 1 atom stereocenters. The molecule has 0 aliphatic carbocycles. The van der Waals surface area contributed by atoms with E-state index < -0.39 is 0 Å². The van der Waals surface area contributed by atoms with Crippen LogP contribution in [0.5, 0.6) is 0 Å². The first-order chi connectivity index (χ1) is 10.2. The Morgan fingerprint density at radius 2 is 1.95 bits per heavy atom. The molecule has 3 rings (SSSR count). The number of thiophene rings is 1. The average Bonchev–Trinajstić information content (AvgIpc) is 3.09. The van der Waals surface area contributed by atoms with Crippen LogP contribution in [0.2, 0.25) is 0 Å². The number of benzene rings is 1. The highest BCUT2D eigenvalue weighted by Crippen LogP contribution is 2.29. The molecule has 0 aliphatic rings. The molecule has 110 valence electrons. The predicted octanol–water partition coefficient (Wildman–Crippen LogP) is 3.18. The van der Waals surface area contributed by atoms with Gasteiger partial charge < -0.3 is 15.3 Å². The Labute approximate surface area is 127 Å². The van der Waals surface area contributed by atoms with E-state index in [2.05, 4.69) is 47.3 Å².